The van der Waals surface area contributed by atoms with E-state index in [4.69, 9.17) is 0 Å². The predicted molar refractivity (Wildman–Crippen MR) is 75.6 cm³/mol. The molecule has 1 aliphatic heterocycles. The van der Waals surface area contributed by atoms with Gasteiger partial charge in [0.15, 0.2) is 0 Å². The summed E-state index contributed by atoms with van der Waals surface area (Å²) in [6.07, 6.45) is 7.72. The van der Waals surface area contributed by atoms with Crippen molar-refractivity contribution in [2.45, 2.75) is 45.7 Å². The Kier molecular flexibility index (Phi) is 5.14. The van der Waals surface area contributed by atoms with Crippen molar-refractivity contribution < 1.29 is 0 Å². The number of aromatic nitrogens is 1. The molecule has 1 fully saturated rings. The lowest BCUT2D eigenvalue weighted by molar-refractivity contribution is 0.154. The molecule has 0 unspecified atom stereocenters. The van der Waals surface area contributed by atoms with Gasteiger partial charge in [-0.2, -0.15) is 0 Å². The van der Waals surface area contributed by atoms with Crippen LogP contribution in [-0.2, 0) is 6.54 Å². The molecule has 1 N–H and O–H groups in total. The molecule has 18 heavy (non-hydrogen) atoms. The predicted octanol–water partition coefficient (Wildman–Crippen LogP) is 2.35. The van der Waals surface area contributed by atoms with Crippen molar-refractivity contribution in [2.24, 2.45) is 0 Å². The number of nitrogens with zero attached hydrogens (tertiary/aromatic N) is 2. The van der Waals surface area contributed by atoms with Crippen LogP contribution in [0.2, 0.25) is 0 Å². The van der Waals surface area contributed by atoms with Crippen LogP contribution < -0.4 is 5.32 Å². The van der Waals surface area contributed by atoms with E-state index < -0.39 is 0 Å². The first-order valence-corrected chi connectivity index (χ1v) is 7.15. The molecular formula is C15H25N3. The number of hydrogen-bond acceptors (Lipinski definition) is 3. The maximum Gasteiger partial charge on any atom is 0.0313 e. The van der Waals surface area contributed by atoms with E-state index in [1.807, 2.05) is 12.4 Å². The molecule has 0 saturated carbocycles. The highest BCUT2D eigenvalue weighted by molar-refractivity contribution is 5.16. The minimum atomic E-state index is 0.742. The molecule has 0 radical (unpaired) electrons. The fourth-order valence-electron chi connectivity index (χ4n) is 2.79. The molecule has 1 aromatic heterocycles. The van der Waals surface area contributed by atoms with Crippen molar-refractivity contribution in [2.75, 3.05) is 19.6 Å². The molecule has 0 aromatic carbocycles. The van der Waals surface area contributed by atoms with Crippen LogP contribution >= 0.6 is 0 Å². The topological polar surface area (TPSA) is 28.2 Å². The Morgan fingerprint density at radius 3 is 2.78 bits per heavy atom. The van der Waals surface area contributed by atoms with E-state index in [0.717, 1.165) is 25.7 Å². The van der Waals surface area contributed by atoms with Crippen LogP contribution in [0.3, 0.4) is 0 Å². The van der Waals surface area contributed by atoms with Gasteiger partial charge in [0.05, 0.1) is 0 Å². The Labute approximate surface area is 111 Å². The third-order valence-corrected chi connectivity index (χ3v) is 3.65. The average molecular weight is 247 g/mol. The smallest absolute Gasteiger partial charge is 0.0313 e. The van der Waals surface area contributed by atoms with Crippen LogP contribution in [0.15, 0.2) is 18.5 Å². The molecular weight excluding hydrogens is 222 g/mol. The fourth-order valence-corrected chi connectivity index (χ4v) is 2.79. The summed E-state index contributed by atoms with van der Waals surface area (Å²) >= 11 is 0. The first-order valence-electron chi connectivity index (χ1n) is 7.15. The van der Waals surface area contributed by atoms with Gasteiger partial charge < -0.3 is 5.32 Å². The molecule has 2 rings (SSSR count). The lowest BCUT2D eigenvalue weighted by Crippen LogP contribution is -2.43. The zero-order valence-electron chi connectivity index (χ0n) is 11.7. The number of aryl methyl sites for hydroxylation is 1. The monoisotopic (exact) mass is 247 g/mol. The summed E-state index contributed by atoms with van der Waals surface area (Å²) < 4.78 is 0. The summed E-state index contributed by atoms with van der Waals surface area (Å²) in [5.74, 6) is 0. The molecule has 100 valence electrons. The summed E-state index contributed by atoms with van der Waals surface area (Å²) in [4.78, 5) is 6.94. The zero-order chi connectivity index (χ0) is 12.8. The van der Waals surface area contributed by atoms with E-state index in [0.29, 0.717) is 0 Å². The van der Waals surface area contributed by atoms with Crippen molar-refractivity contribution in [3.05, 3.63) is 29.6 Å². The fraction of sp³-hybridized carbons (Fsp3) is 0.667. The van der Waals surface area contributed by atoms with E-state index in [9.17, 15) is 0 Å². The molecule has 3 heteroatoms. The number of nitrogens with one attached hydrogen (secondary N) is 1. The second-order valence-electron chi connectivity index (χ2n) is 5.32. The Hall–Kier alpha value is -0.930. The van der Waals surface area contributed by atoms with E-state index in [-0.39, 0.29) is 0 Å². The van der Waals surface area contributed by atoms with Crippen LogP contribution in [0, 0.1) is 6.92 Å². The lowest BCUT2D eigenvalue weighted by atomic mass is 10.0. The molecule has 0 bridgehead atoms. The SMILES string of the molecule is CCCN(Cc1cncc(C)c1)C1CCNCC1. The maximum atomic E-state index is 4.30. The molecule has 1 aromatic rings. The third kappa shape index (κ3) is 3.79. The normalized spacial score (nSPS) is 17.3. The van der Waals surface area contributed by atoms with Crippen LogP contribution in [-0.4, -0.2) is 35.6 Å². The van der Waals surface area contributed by atoms with E-state index in [2.05, 4.69) is 35.1 Å². The van der Waals surface area contributed by atoms with Gasteiger partial charge in [0, 0.05) is 25.0 Å². The highest BCUT2D eigenvalue weighted by Gasteiger charge is 2.20. The largest absolute Gasteiger partial charge is 0.317 e. The highest BCUT2D eigenvalue weighted by Crippen LogP contribution is 2.16. The Balaban J connectivity index is 2.00. The summed E-state index contributed by atoms with van der Waals surface area (Å²) in [5.41, 5.74) is 2.61. The maximum absolute atomic E-state index is 4.30. The first kappa shape index (κ1) is 13.5. The molecule has 3 nitrogen and oxygen atoms in total. The van der Waals surface area contributed by atoms with Gasteiger partial charge >= 0.3 is 0 Å². The van der Waals surface area contributed by atoms with Crippen molar-refractivity contribution in [3.63, 3.8) is 0 Å². The molecule has 0 amide bonds. The minimum absolute atomic E-state index is 0.742. The molecule has 1 saturated heterocycles. The second-order valence-corrected chi connectivity index (χ2v) is 5.32. The van der Waals surface area contributed by atoms with E-state index >= 15 is 0 Å². The van der Waals surface area contributed by atoms with Crippen LogP contribution in [0.4, 0.5) is 0 Å². The Bertz CT molecular complexity index is 359. The zero-order valence-corrected chi connectivity index (χ0v) is 11.7. The van der Waals surface area contributed by atoms with Crippen LogP contribution in [0.25, 0.3) is 0 Å². The first-order chi connectivity index (χ1) is 8.79. The quantitative estimate of drug-likeness (QED) is 0.865. The molecule has 1 aliphatic rings. The molecule has 2 heterocycles. The Morgan fingerprint density at radius 2 is 2.11 bits per heavy atom. The van der Waals surface area contributed by atoms with Gasteiger partial charge in [-0.25, -0.2) is 0 Å². The second kappa shape index (κ2) is 6.86. The number of pyridine rings is 1. The van der Waals surface area contributed by atoms with E-state index in [1.54, 1.807) is 0 Å². The third-order valence-electron chi connectivity index (χ3n) is 3.65. The van der Waals surface area contributed by atoms with Crippen molar-refractivity contribution in [3.8, 4) is 0 Å². The number of hydrogen-bond donors (Lipinski definition) is 1. The molecule has 0 aliphatic carbocycles. The molecule has 0 atom stereocenters. The average Bonchev–Trinajstić information content (AvgIpc) is 2.39. The summed E-state index contributed by atoms with van der Waals surface area (Å²) in [6.45, 7) is 8.95. The van der Waals surface area contributed by atoms with Crippen LogP contribution in [0.1, 0.15) is 37.3 Å². The summed E-state index contributed by atoms with van der Waals surface area (Å²) in [7, 11) is 0. The number of rotatable bonds is 5. The van der Waals surface area contributed by atoms with Gasteiger partial charge in [-0.3, -0.25) is 9.88 Å². The van der Waals surface area contributed by atoms with Crippen molar-refractivity contribution in [1.82, 2.24) is 15.2 Å². The van der Waals surface area contributed by atoms with Gasteiger partial charge in [0.1, 0.15) is 0 Å². The standard InChI is InChI=1S/C15H25N3/c1-3-8-18(15-4-6-16-7-5-15)12-14-9-13(2)10-17-11-14/h9-11,15-16H,3-8,12H2,1-2H3. The van der Waals surface area contributed by atoms with Crippen LogP contribution in [0.5, 0.6) is 0 Å². The number of piperidine rings is 1. The highest BCUT2D eigenvalue weighted by atomic mass is 15.2. The van der Waals surface area contributed by atoms with Gasteiger partial charge in [-0.1, -0.05) is 13.0 Å². The van der Waals surface area contributed by atoms with Gasteiger partial charge in [0.2, 0.25) is 0 Å². The van der Waals surface area contributed by atoms with Crippen molar-refractivity contribution in [1.29, 1.82) is 0 Å². The van der Waals surface area contributed by atoms with Gasteiger partial charge in [0.25, 0.3) is 0 Å². The lowest BCUT2D eigenvalue weighted by Gasteiger charge is -2.34. The minimum Gasteiger partial charge on any atom is -0.317 e. The summed E-state index contributed by atoms with van der Waals surface area (Å²) in [6, 6.07) is 3.00. The van der Waals surface area contributed by atoms with Gasteiger partial charge in [-0.05, 0) is 56.9 Å². The van der Waals surface area contributed by atoms with E-state index in [1.165, 1.54) is 36.9 Å². The van der Waals surface area contributed by atoms with Crippen molar-refractivity contribution >= 4 is 0 Å². The molecule has 0 spiro atoms. The Morgan fingerprint density at radius 1 is 1.33 bits per heavy atom. The van der Waals surface area contributed by atoms with Gasteiger partial charge in [-0.15, -0.1) is 0 Å². The summed E-state index contributed by atoms with van der Waals surface area (Å²) in [5, 5.41) is 3.45.